The fourth-order valence-corrected chi connectivity index (χ4v) is 5.29. The molecule has 0 heterocycles. The highest BCUT2D eigenvalue weighted by molar-refractivity contribution is 5.55. The van der Waals surface area contributed by atoms with E-state index in [0.29, 0.717) is 38.9 Å². The standard InChI is InChI=1S/C34H36O4/c1-3-17-37-33-27-13-7-15-29(33)22-30-16-8-14-28(34(30)38-18-4-2)21-26-12-6-10-24(32(26)36)19-23-9-5-11-25(20-27)31(23)35/h5-16,35-36H,3-4,17-22H2,1-2H3. The molecule has 0 aliphatic heterocycles. The second-order valence-electron chi connectivity index (χ2n) is 10.1. The van der Waals surface area contributed by atoms with Gasteiger partial charge in [-0.1, -0.05) is 86.6 Å². The Kier molecular flexibility index (Phi) is 7.88. The maximum atomic E-state index is 11.3. The third-order valence-electron chi connectivity index (χ3n) is 7.19. The number of para-hydroxylation sites is 4. The quantitative estimate of drug-likeness (QED) is 0.252. The fraction of sp³-hybridized carbons (Fsp3) is 0.294. The lowest BCUT2D eigenvalue weighted by Crippen LogP contribution is -2.07. The van der Waals surface area contributed by atoms with E-state index in [0.717, 1.165) is 68.8 Å². The zero-order valence-corrected chi connectivity index (χ0v) is 22.3. The molecular formula is C34H36O4. The molecule has 0 radical (unpaired) electrons. The predicted octanol–water partition coefficient (Wildman–Crippen LogP) is 7.35. The minimum atomic E-state index is 0.275. The van der Waals surface area contributed by atoms with Gasteiger partial charge in [-0.15, -0.1) is 0 Å². The Morgan fingerprint density at radius 1 is 0.474 bits per heavy atom. The first kappa shape index (κ1) is 25.7. The topological polar surface area (TPSA) is 58.9 Å². The van der Waals surface area contributed by atoms with Crippen molar-refractivity contribution in [3.63, 3.8) is 0 Å². The zero-order chi connectivity index (χ0) is 26.5. The van der Waals surface area contributed by atoms with Crippen LogP contribution < -0.4 is 9.47 Å². The molecule has 0 amide bonds. The summed E-state index contributed by atoms with van der Waals surface area (Å²) < 4.78 is 12.7. The SMILES string of the molecule is CCCOc1c2cccc1Cc1cccc(c1OCCC)Cc1cccc(c1O)Cc1cccc(c1O)C2. The van der Waals surface area contributed by atoms with Gasteiger partial charge in [0.05, 0.1) is 13.2 Å². The first-order chi connectivity index (χ1) is 18.6. The second-order valence-corrected chi connectivity index (χ2v) is 10.1. The average molecular weight is 509 g/mol. The largest absolute Gasteiger partial charge is 0.507 e. The van der Waals surface area contributed by atoms with Crippen LogP contribution in [0, 0.1) is 0 Å². The molecule has 196 valence electrons. The first-order valence-corrected chi connectivity index (χ1v) is 13.7. The fourth-order valence-electron chi connectivity index (χ4n) is 5.29. The molecule has 0 fully saturated rings. The van der Waals surface area contributed by atoms with Crippen molar-refractivity contribution in [2.24, 2.45) is 0 Å². The molecule has 4 aromatic carbocycles. The summed E-state index contributed by atoms with van der Waals surface area (Å²) in [5.41, 5.74) is 7.57. The van der Waals surface area contributed by atoms with E-state index in [1.807, 2.05) is 36.4 Å². The summed E-state index contributed by atoms with van der Waals surface area (Å²) in [6.45, 7) is 5.48. The van der Waals surface area contributed by atoms with E-state index >= 15 is 0 Å². The monoisotopic (exact) mass is 508 g/mol. The molecule has 38 heavy (non-hydrogen) atoms. The summed E-state index contributed by atoms with van der Waals surface area (Å²) >= 11 is 0. The van der Waals surface area contributed by atoms with Gasteiger partial charge in [0.2, 0.25) is 0 Å². The molecule has 5 rings (SSSR count). The van der Waals surface area contributed by atoms with Gasteiger partial charge in [0.1, 0.15) is 23.0 Å². The van der Waals surface area contributed by atoms with Crippen LogP contribution in [0.25, 0.3) is 0 Å². The van der Waals surface area contributed by atoms with E-state index < -0.39 is 0 Å². The van der Waals surface area contributed by atoms with E-state index in [4.69, 9.17) is 9.47 Å². The Morgan fingerprint density at radius 3 is 1.05 bits per heavy atom. The molecule has 1 aliphatic rings. The number of phenols is 2. The van der Waals surface area contributed by atoms with E-state index in [9.17, 15) is 10.2 Å². The molecular weight excluding hydrogens is 472 g/mol. The third kappa shape index (κ3) is 5.35. The lowest BCUT2D eigenvalue weighted by Gasteiger charge is -2.20. The number of ether oxygens (including phenoxy) is 2. The molecule has 0 saturated heterocycles. The Bertz CT molecular complexity index is 1320. The van der Waals surface area contributed by atoms with Crippen LogP contribution >= 0.6 is 0 Å². The molecule has 8 bridgehead atoms. The first-order valence-electron chi connectivity index (χ1n) is 13.7. The predicted molar refractivity (Wildman–Crippen MR) is 152 cm³/mol. The van der Waals surface area contributed by atoms with Crippen molar-refractivity contribution >= 4 is 0 Å². The minimum Gasteiger partial charge on any atom is -0.507 e. The van der Waals surface area contributed by atoms with Crippen LogP contribution in [0.5, 0.6) is 23.0 Å². The van der Waals surface area contributed by atoms with Crippen molar-refractivity contribution in [2.45, 2.75) is 52.4 Å². The van der Waals surface area contributed by atoms with Crippen LogP contribution in [-0.2, 0) is 25.7 Å². The summed E-state index contributed by atoms with van der Waals surface area (Å²) in [5.74, 6) is 2.33. The van der Waals surface area contributed by atoms with Crippen LogP contribution in [0.4, 0.5) is 0 Å². The smallest absolute Gasteiger partial charge is 0.126 e. The van der Waals surface area contributed by atoms with Crippen molar-refractivity contribution in [2.75, 3.05) is 13.2 Å². The Balaban J connectivity index is 1.71. The van der Waals surface area contributed by atoms with E-state index in [-0.39, 0.29) is 11.5 Å². The highest BCUT2D eigenvalue weighted by atomic mass is 16.5. The molecule has 0 spiro atoms. The van der Waals surface area contributed by atoms with Crippen molar-refractivity contribution in [3.8, 4) is 23.0 Å². The van der Waals surface area contributed by atoms with Gasteiger partial charge < -0.3 is 19.7 Å². The lowest BCUT2D eigenvalue weighted by atomic mass is 9.91. The molecule has 0 atom stereocenters. The van der Waals surface area contributed by atoms with Gasteiger partial charge in [-0.3, -0.25) is 0 Å². The van der Waals surface area contributed by atoms with Gasteiger partial charge in [-0.2, -0.15) is 0 Å². The number of rotatable bonds is 6. The molecule has 4 nitrogen and oxygen atoms in total. The summed E-state index contributed by atoms with van der Waals surface area (Å²) in [6.07, 6.45) is 4.04. The van der Waals surface area contributed by atoms with Crippen LogP contribution in [0.15, 0.2) is 72.8 Å². The minimum absolute atomic E-state index is 0.275. The highest BCUT2D eigenvalue weighted by Crippen LogP contribution is 2.38. The van der Waals surface area contributed by atoms with Crippen LogP contribution in [0.1, 0.15) is 71.2 Å². The van der Waals surface area contributed by atoms with Crippen LogP contribution in [-0.4, -0.2) is 23.4 Å². The summed E-state index contributed by atoms with van der Waals surface area (Å²) in [7, 11) is 0. The van der Waals surface area contributed by atoms with Crippen molar-refractivity contribution in [1.29, 1.82) is 0 Å². The van der Waals surface area contributed by atoms with E-state index in [2.05, 4.69) is 50.2 Å². The normalized spacial score (nSPS) is 12.7. The Morgan fingerprint density at radius 2 is 0.737 bits per heavy atom. The number of hydrogen-bond acceptors (Lipinski definition) is 4. The third-order valence-corrected chi connectivity index (χ3v) is 7.19. The molecule has 1 aliphatic carbocycles. The Hall–Kier alpha value is -3.92. The van der Waals surface area contributed by atoms with Crippen molar-refractivity contribution in [3.05, 3.63) is 117 Å². The lowest BCUT2D eigenvalue weighted by molar-refractivity contribution is 0.308. The van der Waals surface area contributed by atoms with Gasteiger partial charge in [0, 0.05) is 25.7 Å². The van der Waals surface area contributed by atoms with E-state index in [1.165, 1.54) is 0 Å². The second kappa shape index (κ2) is 11.6. The maximum Gasteiger partial charge on any atom is 0.126 e. The average Bonchev–Trinajstić information content (AvgIpc) is 2.92. The molecule has 2 N–H and O–H groups in total. The molecule has 0 unspecified atom stereocenters. The molecule has 0 aromatic heterocycles. The van der Waals surface area contributed by atoms with Gasteiger partial charge in [-0.25, -0.2) is 0 Å². The number of hydrogen-bond donors (Lipinski definition) is 2. The van der Waals surface area contributed by atoms with Crippen molar-refractivity contribution in [1.82, 2.24) is 0 Å². The maximum absolute atomic E-state index is 11.3. The zero-order valence-electron chi connectivity index (χ0n) is 22.3. The van der Waals surface area contributed by atoms with Crippen LogP contribution in [0.3, 0.4) is 0 Å². The van der Waals surface area contributed by atoms with Gasteiger partial charge in [-0.05, 0) is 57.3 Å². The van der Waals surface area contributed by atoms with Gasteiger partial charge in [0.15, 0.2) is 0 Å². The Labute approximate surface area is 225 Å². The molecule has 0 saturated carbocycles. The summed E-state index contributed by atoms with van der Waals surface area (Å²) in [6, 6.07) is 24.3. The van der Waals surface area contributed by atoms with Gasteiger partial charge in [0.25, 0.3) is 0 Å². The number of benzene rings is 4. The summed E-state index contributed by atoms with van der Waals surface area (Å²) in [5, 5.41) is 22.5. The molecule has 4 aromatic rings. The summed E-state index contributed by atoms with van der Waals surface area (Å²) in [4.78, 5) is 0. The van der Waals surface area contributed by atoms with Crippen LogP contribution in [0.2, 0.25) is 0 Å². The van der Waals surface area contributed by atoms with Gasteiger partial charge >= 0.3 is 0 Å². The number of phenolic OH excluding ortho intramolecular Hbond substituents is 2. The molecule has 4 heteroatoms. The highest BCUT2D eigenvalue weighted by Gasteiger charge is 2.20. The van der Waals surface area contributed by atoms with E-state index in [1.54, 1.807) is 0 Å². The number of fused-ring (bicyclic) bond motifs is 8. The van der Waals surface area contributed by atoms with Crippen molar-refractivity contribution < 1.29 is 19.7 Å². The number of aromatic hydroxyl groups is 2.